The number of pyridine rings is 1. The van der Waals surface area contributed by atoms with Gasteiger partial charge in [-0.15, -0.1) is 0 Å². The smallest absolute Gasteiger partial charge is 0.387 e. The summed E-state index contributed by atoms with van der Waals surface area (Å²) in [5.74, 6) is 0.142. The number of hydrogen-bond donors (Lipinski definition) is 0. The van der Waals surface area contributed by atoms with Gasteiger partial charge in [0, 0.05) is 18.0 Å². The van der Waals surface area contributed by atoms with Gasteiger partial charge in [0.1, 0.15) is 11.4 Å². The fourth-order valence-corrected chi connectivity index (χ4v) is 2.10. The fourth-order valence-electron chi connectivity index (χ4n) is 2.10. The molecule has 102 valence electrons. The lowest BCUT2D eigenvalue weighted by molar-refractivity contribution is -0.0498. The van der Waals surface area contributed by atoms with E-state index in [9.17, 15) is 8.78 Å². The molecular formula is C15H12F2N2O. The molecule has 3 aromatic rings. The maximum Gasteiger partial charge on any atom is 0.387 e. The summed E-state index contributed by atoms with van der Waals surface area (Å²) in [5.41, 5.74) is 3.62. The molecule has 0 saturated heterocycles. The van der Waals surface area contributed by atoms with Crippen molar-refractivity contribution in [3.05, 3.63) is 54.4 Å². The molecule has 0 aliphatic rings. The number of aromatic nitrogens is 2. The first-order valence-electron chi connectivity index (χ1n) is 6.13. The minimum absolute atomic E-state index is 0.142. The van der Waals surface area contributed by atoms with E-state index in [4.69, 9.17) is 0 Å². The maximum atomic E-state index is 12.1. The van der Waals surface area contributed by atoms with Gasteiger partial charge in [0.2, 0.25) is 0 Å². The fraction of sp³-hybridized carbons (Fsp3) is 0.133. The van der Waals surface area contributed by atoms with Gasteiger partial charge in [0.15, 0.2) is 0 Å². The summed E-state index contributed by atoms with van der Waals surface area (Å²) >= 11 is 0. The zero-order valence-electron chi connectivity index (χ0n) is 10.8. The first-order valence-corrected chi connectivity index (χ1v) is 6.13. The number of aryl methyl sites for hydroxylation is 1. The summed E-state index contributed by atoms with van der Waals surface area (Å²) in [5, 5.41) is 0. The maximum absolute atomic E-state index is 12.1. The summed E-state index contributed by atoms with van der Waals surface area (Å²) in [6, 6.07) is 10.4. The molecular weight excluding hydrogens is 262 g/mol. The van der Waals surface area contributed by atoms with E-state index in [1.165, 1.54) is 12.1 Å². The standard InChI is InChI=1S/C15H12F2N2O/c1-10-3-2-8-19-9-13(18-14(10)19)11-4-6-12(7-5-11)20-15(16)17/h2-9,15H,1H3. The Labute approximate surface area is 114 Å². The first kappa shape index (κ1) is 12.6. The van der Waals surface area contributed by atoms with Crippen LogP contribution in [0.15, 0.2) is 48.8 Å². The van der Waals surface area contributed by atoms with Gasteiger partial charge in [0.05, 0.1) is 5.69 Å². The third kappa shape index (κ3) is 2.34. The van der Waals surface area contributed by atoms with Crippen LogP contribution in [0.4, 0.5) is 8.78 Å². The normalized spacial score (nSPS) is 11.2. The Morgan fingerprint density at radius 3 is 2.55 bits per heavy atom. The Kier molecular flexibility index (Phi) is 3.10. The average Bonchev–Trinajstić information content (AvgIpc) is 2.84. The predicted molar refractivity (Wildman–Crippen MR) is 72.0 cm³/mol. The molecule has 20 heavy (non-hydrogen) atoms. The highest BCUT2D eigenvalue weighted by Gasteiger charge is 2.07. The molecule has 0 aliphatic carbocycles. The molecule has 0 unspecified atom stereocenters. The molecule has 0 amide bonds. The molecule has 0 aliphatic heterocycles. The second-order valence-corrected chi connectivity index (χ2v) is 4.45. The molecule has 3 nitrogen and oxygen atoms in total. The topological polar surface area (TPSA) is 26.5 Å². The third-order valence-corrected chi connectivity index (χ3v) is 3.05. The van der Waals surface area contributed by atoms with E-state index in [2.05, 4.69) is 9.72 Å². The van der Waals surface area contributed by atoms with Crippen molar-refractivity contribution in [2.24, 2.45) is 0 Å². The molecule has 3 rings (SSSR count). The summed E-state index contributed by atoms with van der Waals surface area (Å²) < 4.78 is 30.4. The summed E-state index contributed by atoms with van der Waals surface area (Å²) in [6.45, 7) is -0.815. The van der Waals surface area contributed by atoms with Crippen LogP contribution >= 0.6 is 0 Å². The Morgan fingerprint density at radius 2 is 1.90 bits per heavy atom. The van der Waals surface area contributed by atoms with Crippen LogP contribution in [-0.2, 0) is 0 Å². The number of nitrogens with zero attached hydrogens (tertiary/aromatic N) is 2. The molecule has 0 fully saturated rings. The molecule has 2 aromatic heterocycles. The zero-order valence-corrected chi connectivity index (χ0v) is 10.8. The van der Waals surface area contributed by atoms with Crippen LogP contribution in [0.2, 0.25) is 0 Å². The number of ether oxygens (including phenoxy) is 1. The van der Waals surface area contributed by atoms with Crippen molar-refractivity contribution in [1.29, 1.82) is 0 Å². The average molecular weight is 274 g/mol. The van der Waals surface area contributed by atoms with E-state index in [0.29, 0.717) is 0 Å². The molecule has 0 bridgehead atoms. The van der Waals surface area contributed by atoms with Crippen LogP contribution in [0.25, 0.3) is 16.9 Å². The number of benzene rings is 1. The molecule has 0 spiro atoms. The van der Waals surface area contributed by atoms with Crippen molar-refractivity contribution in [2.45, 2.75) is 13.5 Å². The molecule has 0 atom stereocenters. The third-order valence-electron chi connectivity index (χ3n) is 3.05. The van der Waals surface area contributed by atoms with Crippen LogP contribution in [0, 0.1) is 6.92 Å². The van der Waals surface area contributed by atoms with Crippen LogP contribution in [0.5, 0.6) is 5.75 Å². The second-order valence-electron chi connectivity index (χ2n) is 4.45. The zero-order chi connectivity index (χ0) is 14.1. The Balaban J connectivity index is 1.96. The molecule has 5 heteroatoms. The highest BCUT2D eigenvalue weighted by Crippen LogP contribution is 2.23. The van der Waals surface area contributed by atoms with Crippen molar-refractivity contribution in [1.82, 2.24) is 9.38 Å². The number of rotatable bonds is 3. The van der Waals surface area contributed by atoms with E-state index in [-0.39, 0.29) is 5.75 Å². The largest absolute Gasteiger partial charge is 0.435 e. The van der Waals surface area contributed by atoms with Gasteiger partial charge in [0.25, 0.3) is 0 Å². The van der Waals surface area contributed by atoms with Gasteiger partial charge in [-0.3, -0.25) is 0 Å². The van der Waals surface area contributed by atoms with Crippen LogP contribution < -0.4 is 4.74 Å². The molecule has 2 heterocycles. The van der Waals surface area contributed by atoms with Crippen LogP contribution in [-0.4, -0.2) is 16.0 Å². The minimum atomic E-state index is -2.81. The second kappa shape index (κ2) is 4.92. The Bertz CT molecular complexity index is 735. The van der Waals surface area contributed by atoms with E-state index in [0.717, 1.165) is 22.5 Å². The van der Waals surface area contributed by atoms with Gasteiger partial charge in [-0.25, -0.2) is 4.98 Å². The van der Waals surface area contributed by atoms with Crippen molar-refractivity contribution in [3.8, 4) is 17.0 Å². The lowest BCUT2D eigenvalue weighted by Gasteiger charge is -2.04. The van der Waals surface area contributed by atoms with E-state index >= 15 is 0 Å². The quantitative estimate of drug-likeness (QED) is 0.724. The lowest BCUT2D eigenvalue weighted by atomic mass is 10.2. The predicted octanol–water partition coefficient (Wildman–Crippen LogP) is 3.91. The van der Waals surface area contributed by atoms with Gasteiger partial charge in [-0.2, -0.15) is 8.78 Å². The van der Waals surface area contributed by atoms with E-state index in [1.54, 1.807) is 12.1 Å². The number of hydrogen-bond acceptors (Lipinski definition) is 2. The number of alkyl halides is 2. The number of halogens is 2. The SMILES string of the molecule is Cc1cccn2cc(-c3ccc(OC(F)F)cc3)nc12. The van der Waals surface area contributed by atoms with Gasteiger partial charge >= 0.3 is 6.61 Å². The van der Waals surface area contributed by atoms with Gasteiger partial charge in [-0.05, 0) is 42.8 Å². The van der Waals surface area contributed by atoms with Crippen LogP contribution in [0.1, 0.15) is 5.56 Å². The highest BCUT2D eigenvalue weighted by atomic mass is 19.3. The molecule has 0 radical (unpaired) electrons. The van der Waals surface area contributed by atoms with E-state index in [1.807, 2.05) is 35.9 Å². The van der Waals surface area contributed by atoms with Crippen molar-refractivity contribution in [2.75, 3.05) is 0 Å². The number of fused-ring (bicyclic) bond motifs is 1. The van der Waals surface area contributed by atoms with Gasteiger partial charge in [-0.1, -0.05) is 6.07 Å². The van der Waals surface area contributed by atoms with Crippen LogP contribution in [0.3, 0.4) is 0 Å². The first-order chi connectivity index (χ1) is 9.63. The molecule has 0 N–H and O–H groups in total. The lowest BCUT2D eigenvalue weighted by Crippen LogP contribution is -2.01. The Hall–Kier alpha value is -2.43. The molecule has 0 saturated carbocycles. The van der Waals surface area contributed by atoms with Crippen molar-refractivity contribution >= 4 is 5.65 Å². The highest BCUT2D eigenvalue weighted by molar-refractivity contribution is 5.64. The van der Waals surface area contributed by atoms with Crippen molar-refractivity contribution < 1.29 is 13.5 Å². The summed E-state index contributed by atoms with van der Waals surface area (Å²) in [7, 11) is 0. The monoisotopic (exact) mass is 274 g/mol. The molecule has 1 aromatic carbocycles. The van der Waals surface area contributed by atoms with Crippen molar-refractivity contribution in [3.63, 3.8) is 0 Å². The van der Waals surface area contributed by atoms with E-state index < -0.39 is 6.61 Å². The Morgan fingerprint density at radius 1 is 1.15 bits per heavy atom. The van der Waals surface area contributed by atoms with Gasteiger partial charge < -0.3 is 9.14 Å². The summed E-state index contributed by atoms with van der Waals surface area (Å²) in [6.07, 6.45) is 3.83. The summed E-state index contributed by atoms with van der Waals surface area (Å²) in [4.78, 5) is 4.55. The minimum Gasteiger partial charge on any atom is -0.435 e. The number of imidazole rings is 1.